The Bertz CT molecular complexity index is 578. The highest BCUT2D eigenvalue weighted by atomic mass is 32.1. The number of nitrogens with one attached hydrogen (secondary N) is 3. The number of rotatable bonds is 5. The highest BCUT2D eigenvalue weighted by Crippen LogP contribution is 2.24. The van der Waals surface area contributed by atoms with Crippen LogP contribution < -0.4 is 16.0 Å². The van der Waals surface area contributed by atoms with Crippen LogP contribution in [0.5, 0.6) is 0 Å². The number of para-hydroxylation sites is 1. The van der Waals surface area contributed by atoms with Crippen LogP contribution in [0.2, 0.25) is 0 Å². The van der Waals surface area contributed by atoms with E-state index in [0.29, 0.717) is 11.7 Å². The van der Waals surface area contributed by atoms with Gasteiger partial charge in [0.2, 0.25) is 5.91 Å². The van der Waals surface area contributed by atoms with Gasteiger partial charge in [0, 0.05) is 6.54 Å². The van der Waals surface area contributed by atoms with E-state index in [-0.39, 0.29) is 12.5 Å². The summed E-state index contributed by atoms with van der Waals surface area (Å²) in [6.07, 6.45) is 0.865. The summed E-state index contributed by atoms with van der Waals surface area (Å²) in [6.45, 7) is 2.53. The fourth-order valence-corrected chi connectivity index (χ4v) is 2.42. The third kappa shape index (κ3) is 3.92. The zero-order chi connectivity index (χ0) is 14.4. The second kappa shape index (κ2) is 6.85. The molecule has 1 aromatic carbocycles. The van der Waals surface area contributed by atoms with Crippen LogP contribution >= 0.6 is 11.3 Å². The molecule has 106 valence electrons. The summed E-state index contributed by atoms with van der Waals surface area (Å²) < 4.78 is 1.00. The highest BCUT2D eigenvalue weighted by molar-refractivity contribution is 7.22. The number of urea groups is 1. The second-order valence-electron chi connectivity index (χ2n) is 4.14. The van der Waals surface area contributed by atoms with Crippen LogP contribution in [0.15, 0.2) is 24.3 Å². The first-order valence-electron chi connectivity index (χ1n) is 6.36. The van der Waals surface area contributed by atoms with Gasteiger partial charge in [-0.05, 0) is 18.6 Å². The predicted molar refractivity (Wildman–Crippen MR) is 79.9 cm³/mol. The SMILES string of the molecule is CCCNC(=O)CNC(=O)Nc1nc2ccccc2s1. The molecule has 0 unspecified atom stereocenters. The molecule has 0 atom stereocenters. The van der Waals surface area contributed by atoms with E-state index in [1.807, 2.05) is 31.2 Å². The molecule has 0 radical (unpaired) electrons. The van der Waals surface area contributed by atoms with E-state index in [1.165, 1.54) is 11.3 Å². The number of carbonyl (C=O) groups is 2. The largest absolute Gasteiger partial charge is 0.355 e. The molecule has 1 heterocycles. The van der Waals surface area contributed by atoms with Crippen molar-refractivity contribution in [2.45, 2.75) is 13.3 Å². The Labute approximate surface area is 120 Å². The van der Waals surface area contributed by atoms with Gasteiger partial charge in [-0.2, -0.15) is 0 Å². The quantitative estimate of drug-likeness (QED) is 0.787. The van der Waals surface area contributed by atoms with Crippen LogP contribution in [0.1, 0.15) is 13.3 Å². The van der Waals surface area contributed by atoms with Gasteiger partial charge >= 0.3 is 6.03 Å². The fourth-order valence-electron chi connectivity index (χ4n) is 1.55. The van der Waals surface area contributed by atoms with Crippen molar-refractivity contribution in [3.63, 3.8) is 0 Å². The Morgan fingerprint density at radius 3 is 2.80 bits per heavy atom. The van der Waals surface area contributed by atoms with Crippen LogP contribution in [0.4, 0.5) is 9.93 Å². The minimum Gasteiger partial charge on any atom is -0.355 e. The number of hydrogen-bond acceptors (Lipinski definition) is 4. The topological polar surface area (TPSA) is 83.1 Å². The monoisotopic (exact) mass is 292 g/mol. The van der Waals surface area contributed by atoms with E-state index in [1.54, 1.807) is 0 Å². The van der Waals surface area contributed by atoms with Gasteiger partial charge in [0.15, 0.2) is 5.13 Å². The third-order valence-electron chi connectivity index (χ3n) is 2.50. The van der Waals surface area contributed by atoms with Crippen LogP contribution in [0.3, 0.4) is 0 Å². The normalized spacial score (nSPS) is 10.2. The molecule has 0 aliphatic heterocycles. The molecule has 3 N–H and O–H groups in total. The van der Waals surface area contributed by atoms with Crippen LogP contribution in [-0.2, 0) is 4.79 Å². The molecule has 3 amide bonds. The van der Waals surface area contributed by atoms with Crippen molar-refractivity contribution in [3.05, 3.63) is 24.3 Å². The fraction of sp³-hybridized carbons (Fsp3) is 0.308. The molecule has 0 saturated heterocycles. The first kappa shape index (κ1) is 14.3. The average molecular weight is 292 g/mol. The number of fused-ring (bicyclic) bond motifs is 1. The van der Waals surface area contributed by atoms with Gasteiger partial charge in [-0.1, -0.05) is 30.4 Å². The second-order valence-corrected chi connectivity index (χ2v) is 5.18. The van der Waals surface area contributed by atoms with Crippen molar-refractivity contribution in [3.8, 4) is 0 Å². The number of thiazole rings is 1. The van der Waals surface area contributed by atoms with Crippen molar-refractivity contribution in [1.29, 1.82) is 0 Å². The summed E-state index contributed by atoms with van der Waals surface area (Å²) >= 11 is 1.39. The van der Waals surface area contributed by atoms with Crippen molar-refractivity contribution >= 4 is 38.6 Å². The number of carbonyl (C=O) groups excluding carboxylic acids is 2. The van der Waals surface area contributed by atoms with E-state index in [4.69, 9.17) is 0 Å². The molecular formula is C13H16N4O2S. The Kier molecular flexibility index (Phi) is 4.89. The standard InChI is InChI=1S/C13H16N4O2S/c1-2-7-14-11(18)8-15-12(19)17-13-16-9-5-3-4-6-10(9)20-13/h3-6H,2,7-8H2,1H3,(H,14,18)(H2,15,16,17,19). The Hall–Kier alpha value is -2.15. The number of amides is 3. The maximum absolute atomic E-state index is 11.6. The van der Waals surface area contributed by atoms with Crippen molar-refractivity contribution in [2.24, 2.45) is 0 Å². The van der Waals surface area contributed by atoms with Crippen molar-refractivity contribution < 1.29 is 9.59 Å². The number of benzene rings is 1. The average Bonchev–Trinajstić information content (AvgIpc) is 2.84. The summed E-state index contributed by atoms with van der Waals surface area (Å²) in [4.78, 5) is 27.2. The Morgan fingerprint density at radius 2 is 2.05 bits per heavy atom. The van der Waals surface area contributed by atoms with Gasteiger partial charge in [-0.15, -0.1) is 0 Å². The molecule has 6 nitrogen and oxygen atoms in total. The molecule has 0 bridgehead atoms. The first-order chi connectivity index (χ1) is 9.69. The minimum absolute atomic E-state index is 0.0449. The lowest BCUT2D eigenvalue weighted by atomic mass is 10.3. The van der Waals surface area contributed by atoms with Crippen LogP contribution in [-0.4, -0.2) is 30.0 Å². The summed E-state index contributed by atoms with van der Waals surface area (Å²) in [5.74, 6) is -0.203. The summed E-state index contributed by atoms with van der Waals surface area (Å²) in [6, 6.07) is 7.20. The number of nitrogens with zero attached hydrogens (tertiary/aromatic N) is 1. The van der Waals surface area contributed by atoms with E-state index in [9.17, 15) is 9.59 Å². The lowest BCUT2D eigenvalue weighted by Gasteiger charge is -2.05. The van der Waals surface area contributed by atoms with E-state index >= 15 is 0 Å². The van der Waals surface area contributed by atoms with Gasteiger partial charge in [0.1, 0.15) is 0 Å². The molecule has 2 rings (SSSR count). The van der Waals surface area contributed by atoms with Gasteiger partial charge in [0.25, 0.3) is 0 Å². The minimum atomic E-state index is -0.435. The predicted octanol–water partition coefficient (Wildman–Crippen LogP) is 1.94. The van der Waals surface area contributed by atoms with Gasteiger partial charge in [-0.3, -0.25) is 10.1 Å². The van der Waals surface area contributed by atoms with Gasteiger partial charge in [-0.25, -0.2) is 9.78 Å². The summed E-state index contributed by atoms with van der Waals surface area (Å²) in [5.41, 5.74) is 0.841. The Morgan fingerprint density at radius 1 is 1.25 bits per heavy atom. The van der Waals surface area contributed by atoms with Crippen LogP contribution in [0, 0.1) is 0 Å². The summed E-state index contributed by atoms with van der Waals surface area (Å²) in [7, 11) is 0. The molecule has 0 aliphatic rings. The van der Waals surface area contributed by atoms with E-state index < -0.39 is 6.03 Å². The maximum atomic E-state index is 11.6. The number of anilines is 1. The van der Waals surface area contributed by atoms with E-state index in [2.05, 4.69) is 20.9 Å². The first-order valence-corrected chi connectivity index (χ1v) is 7.18. The lowest BCUT2D eigenvalue weighted by molar-refractivity contribution is -0.120. The third-order valence-corrected chi connectivity index (χ3v) is 3.45. The maximum Gasteiger partial charge on any atom is 0.321 e. The summed E-state index contributed by atoms with van der Waals surface area (Å²) in [5, 5.41) is 8.30. The molecular weight excluding hydrogens is 276 g/mol. The molecule has 0 fully saturated rings. The van der Waals surface area contributed by atoms with E-state index in [0.717, 1.165) is 16.6 Å². The van der Waals surface area contributed by atoms with Gasteiger partial charge in [0.05, 0.1) is 16.8 Å². The van der Waals surface area contributed by atoms with Crippen molar-refractivity contribution in [2.75, 3.05) is 18.4 Å². The van der Waals surface area contributed by atoms with Gasteiger partial charge < -0.3 is 10.6 Å². The lowest BCUT2D eigenvalue weighted by Crippen LogP contribution is -2.39. The highest BCUT2D eigenvalue weighted by Gasteiger charge is 2.08. The molecule has 20 heavy (non-hydrogen) atoms. The Balaban J connectivity index is 1.83. The molecule has 7 heteroatoms. The van der Waals surface area contributed by atoms with Crippen LogP contribution in [0.25, 0.3) is 10.2 Å². The van der Waals surface area contributed by atoms with Crippen molar-refractivity contribution in [1.82, 2.24) is 15.6 Å². The number of hydrogen-bond donors (Lipinski definition) is 3. The molecule has 1 aromatic heterocycles. The smallest absolute Gasteiger partial charge is 0.321 e. The zero-order valence-electron chi connectivity index (χ0n) is 11.1. The molecule has 0 spiro atoms. The zero-order valence-corrected chi connectivity index (χ0v) is 11.9. The molecule has 0 saturated carbocycles. The number of aromatic nitrogens is 1. The molecule has 0 aliphatic carbocycles. The molecule has 2 aromatic rings.